The molecule has 0 radical (unpaired) electrons. The Labute approximate surface area is 237 Å². The minimum atomic E-state index is -1.04. The van der Waals surface area contributed by atoms with Crippen molar-refractivity contribution >= 4 is 35.4 Å². The van der Waals surface area contributed by atoms with Crippen LogP contribution in [0.1, 0.15) is 84.5 Å². The van der Waals surface area contributed by atoms with Gasteiger partial charge < -0.3 is 15.0 Å². The van der Waals surface area contributed by atoms with E-state index in [0.717, 1.165) is 10.5 Å². The second-order valence-corrected chi connectivity index (χ2v) is 11.3. The average molecular weight is 561 g/mol. The first kappa shape index (κ1) is 27.9. The second kappa shape index (κ2) is 10.7. The first-order valence-electron chi connectivity index (χ1n) is 13.6. The van der Waals surface area contributed by atoms with Crippen LogP contribution in [0.5, 0.6) is 0 Å². The third kappa shape index (κ3) is 5.39. The van der Waals surface area contributed by atoms with E-state index in [1.165, 1.54) is 0 Å². The summed E-state index contributed by atoms with van der Waals surface area (Å²) >= 11 is 0. The molecular weight excluding hydrogens is 528 g/mol. The van der Waals surface area contributed by atoms with Gasteiger partial charge in [0.25, 0.3) is 11.8 Å². The van der Waals surface area contributed by atoms with E-state index in [1.54, 1.807) is 34.0 Å². The maximum absolute atomic E-state index is 13.4. The van der Waals surface area contributed by atoms with Crippen molar-refractivity contribution in [2.24, 2.45) is 0 Å². The summed E-state index contributed by atoms with van der Waals surface area (Å²) in [4.78, 5) is 65.5. The van der Waals surface area contributed by atoms with Gasteiger partial charge in [0.2, 0.25) is 11.8 Å². The molecule has 0 bridgehead atoms. The lowest BCUT2D eigenvalue weighted by Gasteiger charge is -2.33. The van der Waals surface area contributed by atoms with Crippen LogP contribution in [0.25, 0.3) is 0 Å². The third-order valence-electron chi connectivity index (χ3n) is 7.41. The van der Waals surface area contributed by atoms with Gasteiger partial charge in [0.05, 0.1) is 23.4 Å². The molecule has 5 amide bonds. The number of rotatable bonds is 5. The molecule has 0 saturated carbocycles. The number of nitrogens with zero attached hydrogens (tertiary/aromatic N) is 4. The van der Waals surface area contributed by atoms with Crippen LogP contribution in [0.15, 0.2) is 24.4 Å². The lowest BCUT2D eigenvalue weighted by molar-refractivity contribution is -0.136. The zero-order valence-electron chi connectivity index (χ0n) is 23.2. The summed E-state index contributed by atoms with van der Waals surface area (Å²) in [6.07, 6.45) is 8.69. The topological polar surface area (TPSA) is 143 Å². The van der Waals surface area contributed by atoms with Crippen molar-refractivity contribution in [2.45, 2.75) is 70.7 Å². The quantitative estimate of drug-likeness (QED) is 0.419. The van der Waals surface area contributed by atoms with Gasteiger partial charge in [-0.1, -0.05) is 12.0 Å². The van der Waals surface area contributed by atoms with Gasteiger partial charge in [0.15, 0.2) is 0 Å². The van der Waals surface area contributed by atoms with Crippen LogP contribution in [0, 0.1) is 12.3 Å². The van der Waals surface area contributed by atoms with E-state index < -0.39 is 35.3 Å². The molecule has 1 unspecified atom stereocenters. The van der Waals surface area contributed by atoms with Crippen LogP contribution in [-0.4, -0.2) is 74.0 Å². The number of anilines is 1. The monoisotopic (exact) mass is 560 g/mol. The molecule has 0 aliphatic carbocycles. The van der Waals surface area contributed by atoms with Crippen molar-refractivity contribution in [3.63, 3.8) is 0 Å². The van der Waals surface area contributed by atoms with Gasteiger partial charge in [-0.2, -0.15) is 5.10 Å². The van der Waals surface area contributed by atoms with Crippen LogP contribution >= 0.6 is 0 Å². The summed E-state index contributed by atoms with van der Waals surface area (Å²) in [6, 6.07) is 3.85. The van der Waals surface area contributed by atoms with E-state index in [9.17, 15) is 24.0 Å². The van der Waals surface area contributed by atoms with Crippen LogP contribution in [0.3, 0.4) is 0 Å². The Morgan fingerprint density at radius 1 is 1.15 bits per heavy atom. The Balaban J connectivity index is 1.28. The first-order chi connectivity index (χ1) is 19.5. The van der Waals surface area contributed by atoms with E-state index in [0.29, 0.717) is 37.3 Å². The summed E-state index contributed by atoms with van der Waals surface area (Å²) in [6.45, 7) is 6.79. The summed E-state index contributed by atoms with van der Waals surface area (Å²) in [7, 11) is 0. The number of hydrogen-bond acceptors (Lipinski definition) is 8. The van der Waals surface area contributed by atoms with Crippen molar-refractivity contribution in [3.05, 3.63) is 46.8 Å². The van der Waals surface area contributed by atoms with E-state index in [2.05, 4.69) is 21.7 Å². The zero-order valence-corrected chi connectivity index (χ0v) is 23.2. The van der Waals surface area contributed by atoms with Gasteiger partial charge in [-0.05, 0) is 52.2 Å². The molecule has 2 fully saturated rings. The van der Waals surface area contributed by atoms with E-state index in [-0.39, 0.29) is 42.6 Å². The standard InChI is InChI=1S/C29H32N6O6/c1-5-21-17(16-31-35(21)18-11-13-33(14-12-18)28(40)41-29(2,3)4)15-30-20-8-6-7-19-24(20)27(39)34(26(19)38)22-9-10-23(36)32-25(22)37/h1,6-8,16,18,22,30H,9-15H2,2-4H3,(H,32,36,37). The Kier molecular flexibility index (Phi) is 7.29. The Bertz CT molecular complexity index is 1470. The number of likely N-dealkylation sites (tertiary alicyclic amines) is 1. The number of amides is 5. The maximum Gasteiger partial charge on any atom is 0.410 e. The van der Waals surface area contributed by atoms with Crippen molar-refractivity contribution in [3.8, 4) is 12.3 Å². The van der Waals surface area contributed by atoms with Crippen LogP contribution in [0.4, 0.5) is 10.5 Å². The van der Waals surface area contributed by atoms with Crippen molar-refractivity contribution < 1.29 is 28.7 Å². The average Bonchev–Trinajstić information content (AvgIpc) is 3.45. The van der Waals surface area contributed by atoms with Crippen molar-refractivity contribution in [1.82, 2.24) is 24.9 Å². The number of fused-ring (bicyclic) bond motifs is 1. The SMILES string of the molecule is C#Cc1c(CNc2cccc3c2C(=O)N(C2CCC(=O)NC2=O)C3=O)cnn1C1CCN(C(=O)OC(C)(C)C)CC1. The molecule has 41 heavy (non-hydrogen) atoms. The normalized spacial score (nSPS) is 19.6. The fourth-order valence-corrected chi connectivity index (χ4v) is 5.44. The number of terminal acetylenes is 1. The number of piperidine rings is 2. The van der Waals surface area contributed by atoms with Gasteiger partial charge in [-0.25, -0.2) is 4.79 Å². The number of benzene rings is 1. The molecule has 3 aliphatic heterocycles. The molecule has 4 heterocycles. The number of carbonyl (C=O) groups is 5. The smallest absolute Gasteiger partial charge is 0.410 e. The lowest BCUT2D eigenvalue weighted by atomic mass is 10.0. The molecule has 2 aromatic rings. The zero-order chi connectivity index (χ0) is 29.5. The molecule has 1 aromatic carbocycles. The van der Waals surface area contributed by atoms with E-state index >= 15 is 0 Å². The van der Waals surface area contributed by atoms with Gasteiger partial charge in [0, 0.05) is 37.3 Å². The molecule has 5 rings (SSSR count). The number of nitrogens with one attached hydrogen (secondary N) is 2. The van der Waals surface area contributed by atoms with Gasteiger partial charge in [-0.3, -0.25) is 34.1 Å². The molecule has 0 spiro atoms. The van der Waals surface area contributed by atoms with Crippen molar-refractivity contribution in [2.75, 3.05) is 18.4 Å². The molecule has 2 saturated heterocycles. The van der Waals surface area contributed by atoms with Crippen LogP contribution in [0.2, 0.25) is 0 Å². The molecule has 12 heteroatoms. The summed E-state index contributed by atoms with van der Waals surface area (Å²) in [5, 5.41) is 9.95. The number of carbonyl (C=O) groups excluding carboxylic acids is 5. The number of ether oxygens (including phenoxy) is 1. The van der Waals surface area contributed by atoms with Gasteiger partial charge in [-0.15, -0.1) is 6.42 Å². The Morgan fingerprint density at radius 3 is 2.54 bits per heavy atom. The first-order valence-corrected chi connectivity index (χ1v) is 13.6. The highest BCUT2D eigenvalue weighted by Crippen LogP contribution is 2.33. The molecule has 2 N–H and O–H groups in total. The molecule has 1 aromatic heterocycles. The Morgan fingerprint density at radius 2 is 1.88 bits per heavy atom. The summed E-state index contributed by atoms with van der Waals surface area (Å²) in [5.41, 5.74) is 1.55. The fraction of sp³-hybridized carbons (Fsp3) is 0.448. The predicted molar refractivity (Wildman–Crippen MR) is 147 cm³/mol. The molecular formula is C29H32N6O6. The molecule has 3 aliphatic rings. The van der Waals surface area contributed by atoms with Crippen LogP contribution in [-0.2, 0) is 20.9 Å². The van der Waals surface area contributed by atoms with Crippen molar-refractivity contribution in [1.29, 1.82) is 0 Å². The van der Waals surface area contributed by atoms with E-state index in [1.807, 2.05) is 20.8 Å². The highest BCUT2D eigenvalue weighted by Gasteiger charge is 2.45. The lowest BCUT2D eigenvalue weighted by Crippen LogP contribution is -2.54. The molecule has 1 atom stereocenters. The third-order valence-corrected chi connectivity index (χ3v) is 7.41. The minimum absolute atomic E-state index is 0.00994. The fourth-order valence-electron chi connectivity index (χ4n) is 5.44. The number of hydrogen-bond donors (Lipinski definition) is 2. The van der Waals surface area contributed by atoms with Gasteiger partial charge >= 0.3 is 6.09 Å². The summed E-state index contributed by atoms with van der Waals surface area (Å²) in [5.74, 6) is 0.475. The number of imide groups is 2. The van der Waals surface area contributed by atoms with Gasteiger partial charge in [0.1, 0.15) is 17.3 Å². The highest BCUT2D eigenvalue weighted by atomic mass is 16.6. The second-order valence-electron chi connectivity index (χ2n) is 11.3. The van der Waals surface area contributed by atoms with E-state index in [4.69, 9.17) is 11.2 Å². The molecule has 214 valence electrons. The highest BCUT2D eigenvalue weighted by molar-refractivity contribution is 6.25. The molecule has 12 nitrogen and oxygen atoms in total. The van der Waals surface area contributed by atoms with Crippen LogP contribution < -0.4 is 10.6 Å². The Hall–Kier alpha value is -4.66. The largest absolute Gasteiger partial charge is 0.444 e. The maximum atomic E-state index is 13.4. The predicted octanol–water partition coefficient (Wildman–Crippen LogP) is 2.45. The minimum Gasteiger partial charge on any atom is -0.444 e. The number of aromatic nitrogens is 2. The summed E-state index contributed by atoms with van der Waals surface area (Å²) < 4.78 is 7.28.